The third kappa shape index (κ3) is 5.96. The Balaban J connectivity index is 1.49. The summed E-state index contributed by atoms with van der Waals surface area (Å²) in [7, 11) is 0. The minimum Gasteiger partial charge on any atom is -0.381 e. The Bertz CT molecular complexity index is 980. The van der Waals surface area contributed by atoms with Crippen LogP contribution in [0.25, 0.3) is 11.3 Å². The summed E-state index contributed by atoms with van der Waals surface area (Å²) in [6.45, 7) is 7.46. The van der Waals surface area contributed by atoms with Gasteiger partial charge in [-0.2, -0.15) is 0 Å². The lowest BCUT2D eigenvalue weighted by molar-refractivity contribution is -0.131. The number of amides is 1. The summed E-state index contributed by atoms with van der Waals surface area (Å²) in [6, 6.07) is 6.24. The van der Waals surface area contributed by atoms with Crippen molar-refractivity contribution in [2.75, 3.05) is 44.4 Å². The van der Waals surface area contributed by atoms with Gasteiger partial charge >= 0.3 is 0 Å². The summed E-state index contributed by atoms with van der Waals surface area (Å²) in [5, 5.41) is 4.52. The number of rotatable bonds is 8. The number of nitrogens with one attached hydrogen (secondary N) is 1. The first-order valence-electron chi connectivity index (χ1n) is 11.3. The normalized spacial score (nSPS) is 19.0. The molecule has 0 unspecified atom stereocenters. The van der Waals surface area contributed by atoms with E-state index in [4.69, 9.17) is 14.5 Å². The van der Waals surface area contributed by atoms with Crippen LogP contribution in [0.15, 0.2) is 24.3 Å². The highest BCUT2D eigenvalue weighted by Crippen LogP contribution is 2.37. The number of benzene rings is 1. The van der Waals surface area contributed by atoms with Gasteiger partial charge < -0.3 is 19.7 Å². The summed E-state index contributed by atoms with van der Waals surface area (Å²) in [5.41, 5.74) is 0.546. The van der Waals surface area contributed by atoms with Gasteiger partial charge in [-0.15, -0.1) is 11.3 Å². The van der Waals surface area contributed by atoms with Crippen LogP contribution in [-0.2, 0) is 25.5 Å². The molecule has 0 radical (unpaired) electrons. The fourth-order valence-corrected chi connectivity index (χ4v) is 5.18. The maximum absolute atomic E-state index is 13.5. The quantitative estimate of drug-likeness (QED) is 0.632. The van der Waals surface area contributed by atoms with E-state index in [0.717, 1.165) is 35.8 Å². The molecule has 2 aliphatic heterocycles. The number of carbonyl (C=O) groups is 2. The molecule has 33 heavy (non-hydrogen) atoms. The van der Waals surface area contributed by atoms with E-state index in [9.17, 15) is 14.0 Å². The number of aromatic nitrogens is 1. The zero-order chi connectivity index (χ0) is 23.4. The van der Waals surface area contributed by atoms with E-state index >= 15 is 0 Å². The molecule has 9 heteroatoms. The molecule has 0 spiro atoms. The van der Waals surface area contributed by atoms with Gasteiger partial charge in [-0.05, 0) is 50.5 Å². The molecule has 178 valence electrons. The molecule has 7 nitrogen and oxygen atoms in total. The Morgan fingerprint density at radius 2 is 1.91 bits per heavy atom. The summed E-state index contributed by atoms with van der Waals surface area (Å²) in [5.74, 6) is -0.335. The lowest BCUT2D eigenvalue weighted by Gasteiger charge is -2.28. The van der Waals surface area contributed by atoms with Crippen molar-refractivity contribution in [1.82, 2.24) is 10.3 Å². The van der Waals surface area contributed by atoms with Gasteiger partial charge in [-0.25, -0.2) is 9.37 Å². The van der Waals surface area contributed by atoms with Gasteiger partial charge in [0, 0.05) is 38.3 Å². The van der Waals surface area contributed by atoms with Crippen molar-refractivity contribution in [3.63, 3.8) is 0 Å². The number of ketones is 1. The molecule has 1 aromatic heterocycles. The summed E-state index contributed by atoms with van der Waals surface area (Å²) in [6.07, 6.45) is 1.35. The van der Waals surface area contributed by atoms with Crippen LogP contribution in [0.3, 0.4) is 0 Å². The second kappa shape index (κ2) is 10.3. The van der Waals surface area contributed by atoms with Crippen LogP contribution in [0.4, 0.5) is 9.39 Å². The molecule has 4 rings (SSSR count). The Labute approximate surface area is 197 Å². The number of ether oxygens (including phenoxy) is 2. The number of thiazole rings is 1. The van der Waals surface area contributed by atoms with Crippen molar-refractivity contribution < 1.29 is 23.5 Å². The number of halogens is 1. The second-order valence-electron chi connectivity index (χ2n) is 9.07. The van der Waals surface area contributed by atoms with Crippen molar-refractivity contribution >= 4 is 28.0 Å². The Morgan fingerprint density at radius 3 is 2.58 bits per heavy atom. The van der Waals surface area contributed by atoms with Crippen LogP contribution in [-0.4, -0.2) is 61.7 Å². The first-order chi connectivity index (χ1) is 15.8. The van der Waals surface area contributed by atoms with Gasteiger partial charge in [0.25, 0.3) is 0 Å². The largest absolute Gasteiger partial charge is 0.381 e. The SMILES string of the molecule is CC(C)(NC(=O)C[C@@H]1CCOC1)C(=O)Cc1nc(-c2ccc(F)cc2)c(N2CCOCC2)s1. The molecule has 0 saturated carbocycles. The van der Waals surface area contributed by atoms with E-state index in [2.05, 4.69) is 10.2 Å². The second-order valence-corrected chi connectivity index (χ2v) is 10.1. The van der Waals surface area contributed by atoms with Crippen molar-refractivity contribution in [3.8, 4) is 11.3 Å². The van der Waals surface area contributed by atoms with Gasteiger partial charge in [0.05, 0.1) is 25.2 Å². The molecule has 1 amide bonds. The molecular formula is C24H30FN3O4S. The fraction of sp³-hybridized carbons (Fsp3) is 0.542. The van der Waals surface area contributed by atoms with E-state index in [1.54, 1.807) is 26.0 Å². The third-order valence-corrected chi connectivity index (χ3v) is 7.14. The van der Waals surface area contributed by atoms with Crippen molar-refractivity contribution in [2.45, 2.75) is 38.6 Å². The maximum atomic E-state index is 13.5. The van der Waals surface area contributed by atoms with Gasteiger partial charge in [-0.1, -0.05) is 0 Å². The molecule has 2 aliphatic rings. The lowest BCUT2D eigenvalue weighted by atomic mass is 9.95. The molecular weight excluding hydrogens is 445 g/mol. The molecule has 1 atom stereocenters. The highest BCUT2D eigenvalue weighted by molar-refractivity contribution is 7.16. The number of anilines is 1. The Hall–Kier alpha value is -2.36. The van der Waals surface area contributed by atoms with Crippen LogP contribution in [0.1, 0.15) is 31.7 Å². The Kier molecular flexibility index (Phi) is 7.41. The molecule has 2 saturated heterocycles. The third-order valence-electron chi connectivity index (χ3n) is 6.03. The van der Waals surface area contributed by atoms with Crippen molar-refractivity contribution in [3.05, 3.63) is 35.1 Å². The average Bonchev–Trinajstić information content (AvgIpc) is 3.44. The van der Waals surface area contributed by atoms with Gasteiger partial charge in [-0.3, -0.25) is 9.59 Å². The Morgan fingerprint density at radius 1 is 1.18 bits per heavy atom. The number of morpholine rings is 1. The molecule has 2 aromatic rings. The fourth-order valence-electron chi connectivity index (χ4n) is 4.04. The lowest BCUT2D eigenvalue weighted by Crippen LogP contribution is -2.50. The van der Waals surface area contributed by atoms with Crippen LogP contribution in [0.2, 0.25) is 0 Å². The van der Waals surface area contributed by atoms with E-state index in [1.807, 2.05) is 0 Å². The predicted octanol–water partition coefficient (Wildman–Crippen LogP) is 3.22. The minimum absolute atomic E-state index is 0.105. The zero-order valence-electron chi connectivity index (χ0n) is 19.1. The van der Waals surface area contributed by atoms with Crippen LogP contribution >= 0.6 is 11.3 Å². The first kappa shape index (κ1) is 23.8. The van der Waals surface area contributed by atoms with Crippen LogP contribution < -0.4 is 10.2 Å². The molecule has 1 N–H and O–H groups in total. The van der Waals surface area contributed by atoms with Crippen LogP contribution in [0.5, 0.6) is 0 Å². The minimum atomic E-state index is -1.00. The van der Waals surface area contributed by atoms with E-state index in [1.165, 1.54) is 23.5 Å². The molecule has 0 aliphatic carbocycles. The first-order valence-corrected chi connectivity index (χ1v) is 12.1. The smallest absolute Gasteiger partial charge is 0.221 e. The average molecular weight is 476 g/mol. The zero-order valence-corrected chi connectivity index (χ0v) is 19.9. The monoisotopic (exact) mass is 475 g/mol. The van der Waals surface area contributed by atoms with Gasteiger partial charge in [0.15, 0.2) is 5.78 Å². The molecule has 3 heterocycles. The van der Waals surface area contributed by atoms with E-state index < -0.39 is 5.54 Å². The highest BCUT2D eigenvalue weighted by atomic mass is 32.1. The molecule has 0 bridgehead atoms. The van der Waals surface area contributed by atoms with Gasteiger partial charge in [0.2, 0.25) is 5.91 Å². The standard InChI is InChI=1S/C24H30FN3O4S/c1-24(2,27-20(30)13-16-7-10-32-15-16)19(29)14-21-26-22(17-3-5-18(25)6-4-17)23(33-21)28-8-11-31-12-9-28/h3-6,16H,7-15H2,1-2H3,(H,27,30)/t16-/m0/s1. The van der Waals surface area contributed by atoms with Crippen LogP contribution in [0, 0.1) is 11.7 Å². The van der Waals surface area contributed by atoms with Crippen molar-refractivity contribution in [2.24, 2.45) is 5.92 Å². The molecule has 1 aromatic carbocycles. The van der Waals surface area contributed by atoms with E-state index in [0.29, 0.717) is 37.9 Å². The topological polar surface area (TPSA) is 80.8 Å². The number of hydrogen-bond donors (Lipinski definition) is 1. The van der Waals surface area contributed by atoms with Crippen molar-refractivity contribution in [1.29, 1.82) is 0 Å². The number of Topliss-reactive ketones (excluding diaryl/α,β-unsaturated/α-hetero) is 1. The number of hydrogen-bond acceptors (Lipinski definition) is 7. The summed E-state index contributed by atoms with van der Waals surface area (Å²) >= 11 is 1.47. The maximum Gasteiger partial charge on any atom is 0.221 e. The highest BCUT2D eigenvalue weighted by Gasteiger charge is 2.32. The van der Waals surface area contributed by atoms with Gasteiger partial charge in [0.1, 0.15) is 21.5 Å². The summed E-state index contributed by atoms with van der Waals surface area (Å²) < 4.78 is 24.3. The number of carbonyl (C=O) groups excluding carboxylic acids is 2. The predicted molar refractivity (Wildman–Crippen MR) is 125 cm³/mol. The summed E-state index contributed by atoms with van der Waals surface area (Å²) in [4.78, 5) is 32.6. The number of nitrogens with zero attached hydrogens (tertiary/aromatic N) is 2. The van der Waals surface area contributed by atoms with E-state index in [-0.39, 0.29) is 29.8 Å². The molecule has 2 fully saturated rings.